The second-order valence-electron chi connectivity index (χ2n) is 7.24. The average molecular weight is 409 g/mol. The predicted molar refractivity (Wildman–Crippen MR) is 116 cm³/mol. The molecule has 1 N–H and O–H groups in total. The van der Waals surface area contributed by atoms with Gasteiger partial charge in [-0.1, -0.05) is 6.07 Å². The minimum Gasteiger partial charge on any atom is -0.493 e. The van der Waals surface area contributed by atoms with Crippen molar-refractivity contribution >= 4 is 22.5 Å². The molecular formula is C22H27N5O3. The number of fused-ring (bicyclic) bond motifs is 1. The Morgan fingerprint density at radius 3 is 2.73 bits per heavy atom. The van der Waals surface area contributed by atoms with E-state index in [9.17, 15) is 0 Å². The molecule has 4 rings (SSSR count). The average Bonchev–Trinajstić information content (AvgIpc) is 2.78. The van der Waals surface area contributed by atoms with Crippen molar-refractivity contribution in [2.45, 2.75) is 13.3 Å². The Labute approximate surface area is 176 Å². The number of aryl methyl sites for hydroxylation is 1. The molecule has 3 heterocycles. The fourth-order valence-corrected chi connectivity index (χ4v) is 3.39. The van der Waals surface area contributed by atoms with Crippen molar-refractivity contribution < 1.29 is 14.2 Å². The normalized spacial score (nSPS) is 14.6. The van der Waals surface area contributed by atoms with Crippen LogP contribution >= 0.6 is 0 Å². The highest BCUT2D eigenvalue weighted by Gasteiger charge is 2.13. The van der Waals surface area contributed by atoms with Crippen molar-refractivity contribution in [3.8, 4) is 11.5 Å². The molecule has 8 nitrogen and oxygen atoms in total. The maximum atomic E-state index is 6.07. The third-order valence-corrected chi connectivity index (χ3v) is 5.06. The van der Waals surface area contributed by atoms with Crippen LogP contribution in [0.4, 0.5) is 11.6 Å². The number of ether oxygens (including phenoxy) is 3. The van der Waals surface area contributed by atoms with Crippen LogP contribution in [0, 0.1) is 6.92 Å². The lowest BCUT2D eigenvalue weighted by atomic mass is 10.2. The van der Waals surface area contributed by atoms with E-state index in [1.165, 1.54) is 6.33 Å². The Morgan fingerprint density at radius 2 is 1.97 bits per heavy atom. The van der Waals surface area contributed by atoms with Gasteiger partial charge >= 0.3 is 0 Å². The summed E-state index contributed by atoms with van der Waals surface area (Å²) >= 11 is 0. The second-order valence-corrected chi connectivity index (χ2v) is 7.24. The highest BCUT2D eigenvalue weighted by molar-refractivity contribution is 5.92. The van der Waals surface area contributed by atoms with Gasteiger partial charge in [0.05, 0.1) is 32.4 Å². The molecule has 0 bridgehead atoms. The molecule has 1 saturated heterocycles. The minimum atomic E-state index is 0.606. The number of nitrogens with one attached hydrogen (secondary N) is 1. The quantitative estimate of drug-likeness (QED) is 0.568. The van der Waals surface area contributed by atoms with Crippen molar-refractivity contribution in [3.63, 3.8) is 0 Å². The number of nitrogens with zero attached hydrogens (tertiary/aromatic N) is 4. The summed E-state index contributed by atoms with van der Waals surface area (Å²) in [7, 11) is 1.64. The van der Waals surface area contributed by atoms with Gasteiger partial charge in [-0.2, -0.15) is 0 Å². The van der Waals surface area contributed by atoms with Crippen molar-refractivity contribution in [1.82, 2.24) is 19.9 Å². The molecule has 0 saturated carbocycles. The van der Waals surface area contributed by atoms with E-state index in [1.54, 1.807) is 7.11 Å². The van der Waals surface area contributed by atoms with Crippen LogP contribution in [0.2, 0.25) is 0 Å². The van der Waals surface area contributed by atoms with E-state index in [-0.39, 0.29) is 0 Å². The second kappa shape index (κ2) is 9.69. The molecule has 2 aromatic heterocycles. The van der Waals surface area contributed by atoms with Gasteiger partial charge in [-0.3, -0.25) is 4.90 Å². The molecule has 1 aliphatic heterocycles. The number of morpholine rings is 1. The van der Waals surface area contributed by atoms with Crippen LogP contribution in [-0.2, 0) is 4.74 Å². The number of hydrogen-bond donors (Lipinski definition) is 1. The number of hydrogen-bond acceptors (Lipinski definition) is 8. The van der Waals surface area contributed by atoms with Gasteiger partial charge in [0.25, 0.3) is 0 Å². The van der Waals surface area contributed by atoms with Gasteiger partial charge in [-0.05, 0) is 31.0 Å². The topological polar surface area (TPSA) is 81.6 Å². The largest absolute Gasteiger partial charge is 0.493 e. The van der Waals surface area contributed by atoms with E-state index < -0.39 is 0 Å². The highest BCUT2D eigenvalue weighted by atomic mass is 16.5. The van der Waals surface area contributed by atoms with Gasteiger partial charge in [0.1, 0.15) is 18.0 Å². The van der Waals surface area contributed by atoms with Crippen molar-refractivity contribution in [1.29, 1.82) is 0 Å². The zero-order chi connectivity index (χ0) is 20.8. The SMILES string of the molecule is COc1cc2ncnc(Nc3ccc(C)cn3)c2cc1OCCCN1CCOCC1. The maximum Gasteiger partial charge on any atom is 0.162 e. The first kappa shape index (κ1) is 20.3. The standard InChI is InChI=1S/C22H27N5O3/c1-16-4-5-21(23-14-16)26-22-17-12-20(19(28-2)13-18(17)24-15-25-22)30-9-3-6-27-7-10-29-11-8-27/h4-5,12-15H,3,6-11H2,1-2H3,(H,23,24,25,26). The van der Waals surface area contributed by atoms with Crippen LogP contribution in [0.15, 0.2) is 36.8 Å². The monoisotopic (exact) mass is 409 g/mol. The summed E-state index contributed by atoms with van der Waals surface area (Å²) in [6.07, 6.45) is 4.28. The number of methoxy groups -OCH3 is 1. The molecule has 8 heteroatoms. The van der Waals surface area contributed by atoms with Crippen LogP contribution < -0.4 is 14.8 Å². The van der Waals surface area contributed by atoms with E-state index >= 15 is 0 Å². The maximum absolute atomic E-state index is 6.07. The molecular weight excluding hydrogens is 382 g/mol. The van der Waals surface area contributed by atoms with E-state index in [2.05, 4.69) is 25.2 Å². The zero-order valence-corrected chi connectivity index (χ0v) is 17.4. The number of anilines is 2. The molecule has 0 unspecified atom stereocenters. The fourth-order valence-electron chi connectivity index (χ4n) is 3.39. The summed E-state index contributed by atoms with van der Waals surface area (Å²) in [4.78, 5) is 15.6. The van der Waals surface area contributed by atoms with Crippen LogP contribution in [0.1, 0.15) is 12.0 Å². The lowest BCUT2D eigenvalue weighted by molar-refractivity contribution is 0.0357. The minimum absolute atomic E-state index is 0.606. The van der Waals surface area contributed by atoms with Crippen molar-refractivity contribution in [2.75, 3.05) is 51.9 Å². The number of pyridine rings is 1. The fraction of sp³-hybridized carbons (Fsp3) is 0.409. The third-order valence-electron chi connectivity index (χ3n) is 5.06. The van der Waals surface area contributed by atoms with E-state index in [0.717, 1.165) is 61.6 Å². The molecule has 3 aromatic rings. The van der Waals surface area contributed by atoms with E-state index in [1.807, 2.05) is 37.4 Å². The van der Waals surface area contributed by atoms with Gasteiger partial charge in [0.2, 0.25) is 0 Å². The lowest BCUT2D eigenvalue weighted by Crippen LogP contribution is -2.37. The Balaban J connectivity index is 1.49. The zero-order valence-electron chi connectivity index (χ0n) is 17.4. The smallest absolute Gasteiger partial charge is 0.162 e. The molecule has 0 radical (unpaired) electrons. The first-order chi connectivity index (χ1) is 14.7. The molecule has 0 aliphatic carbocycles. The molecule has 1 aromatic carbocycles. The number of benzene rings is 1. The van der Waals surface area contributed by atoms with Crippen LogP contribution in [0.3, 0.4) is 0 Å². The van der Waals surface area contributed by atoms with Gasteiger partial charge < -0.3 is 19.5 Å². The van der Waals surface area contributed by atoms with Crippen LogP contribution in [0.25, 0.3) is 10.9 Å². The summed E-state index contributed by atoms with van der Waals surface area (Å²) < 4.78 is 17.0. The number of aromatic nitrogens is 3. The Bertz CT molecular complexity index is 974. The summed E-state index contributed by atoms with van der Waals surface area (Å²) in [6, 6.07) is 7.74. The molecule has 1 fully saturated rings. The van der Waals surface area contributed by atoms with Gasteiger partial charge in [-0.25, -0.2) is 15.0 Å². The molecule has 0 amide bonds. The van der Waals surface area contributed by atoms with Gasteiger partial charge in [-0.15, -0.1) is 0 Å². The van der Waals surface area contributed by atoms with Crippen LogP contribution in [-0.4, -0.2) is 66.4 Å². The number of rotatable bonds is 8. The summed E-state index contributed by atoms with van der Waals surface area (Å²) in [6.45, 7) is 7.20. The van der Waals surface area contributed by atoms with Gasteiger partial charge in [0, 0.05) is 37.3 Å². The molecule has 0 atom stereocenters. The molecule has 0 spiro atoms. The highest BCUT2D eigenvalue weighted by Crippen LogP contribution is 2.34. The Kier molecular flexibility index (Phi) is 6.56. The van der Waals surface area contributed by atoms with Gasteiger partial charge in [0.15, 0.2) is 11.5 Å². The third kappa shape index (κ3) is 4.95. The first-order valence-electron chi connectivity index (χ1n) is 10.2. The summed E-state index contributed by atoms with van der Waals surface area (Å²) in [5.74, 6) is 2.75. The lowest BCUT2D eigenvalue weighted by Gasteiger charge is -2.26. The first-order valence-corrected chi connectivity index (χ1v) is 10.2. The summed E-state index contributed by atoms with van der Waals surface area (Å²) in [5.41, 5.74) is 1.88. The molecule has 158 valence electrons. The predicted octanol–water partition coefficient (Wildman–Crippen LogP) is 3.19. The van der Waals surface area contributed by atoms with E-state index in [0.29, 0.717) is 23.9 Å². The Morgan fingerprint density at radius 1 is 1.10 bits per heavy atom. The van der Waals surface area contributed by atoms with Crippen molar-refractivity contribution in [2.24, 2.45) is 0 Å². The van der Waals surface area contributed by atoms with Crippen molar-refractivity contribution in [3.05, 3.63) is 42.4 Å². The van der Waals surface area contributed by atoms with E-state index in [4.69, 9.17) is 14.2 Å². The van der Waals surface area contributed by atoms with Crippen LogP contribution in [0.5, 0.6) is 11.5 Å². The Hall–Kier alpha value is -2.97. The molecule has 1 aliphatic rings. The molecule has 30 heavy (non-hydrogen) atoms. The summed E-state index contributed by atoms with van der Waals surface area (Å²) in [5, 5.41) is 4.12.